The van der Waals surface area contributed by atoms with Gasteiger partial charge in [-0.15, -0.1) is 0 Å². The molecule has 0 saturated carbocycles. The molecular formula is C30H42O5. The van der Waals surface area contributed by atoms with Crippen molar-refractivity contribution < 1.29 is 25.2 Å². The summed E-state index contributed by atoms with van der Waals surface area (Å²) in [5.41, 5.74) is 3.30. The molecule has 3 aromatic rings. The lowest BCUT2D eigenvalue weighted by atomic mass is 9.88. The van der Waals surface area contributed by atoms with Gasteiger partial charge >= 0.3 is 5.97 Å². The molecule has 4 N–H and O–H groups in total. The van der Waals surface area contributed by atoms with Crippen molar-refractivity contribution in [3.63, 3.8) is 0 Å². The van der Waals surface area contributed by atoms with Crippen molar-refractivity contribution in [2.24, 2.45) is 5.41 Å². The van der Waals surface area contributed by atoms with Crippen molar-refractivity contribution in [1.29, 1.82) is 0 Å². The number of benzene rings is 3. The summed E-state index contributed by atoms with van der Waals surface area (Å²) in [6, 6.07) is 30.8. The summed E-state index contributed by atoms with van der Waals surface area (Å²) in [5.74, 6) is -0.981. The number of carboxylic acid groups (broad SMARTS) is 1. The summed E-state index contributed by atoms with van der Waals surface area (Å²) in [6.07, 6.45) is 1.43. The highest BCUT2D eigenvalue weighted by Gasteiger charge is 2.24. The third-order valence-electron chi connectivity index (χ3n) is 4.75. The lowest BCUT2D eigenvalue weighted by Crippen LogP contribution is -2.32. The van der Waals surface area contributed by atoms with Gasteiger partial charge in [-0.1, -0.05) is 121 Å². The summed E-state index contributed by atoms with van der Waals surface area (Å²) in [7, 11) is 0. The number of hydrogen-bond acceptors (Lipinski definition) is 4. The van der Waals surface area contributed by atoms with E-state index in [1.165, 1.54) is 16.7 Å². The third-order valence-corrected chi connectivity index (χ3v) is 4.75. The molecule has 0 fully saturated rings. The van der Waals surface area contributed by atoms with E-state index in [0.29, 0.717) is 6.42 Å². The van der Waals surface area contributed by atoms with Crippen LogP contribution < -0.4 is 0 Å². The van der Waals surface area contributed by atoms with Crippen LogP contribution in [0.2, 0.25) is 0 Å². The van der Waals surface area contributed by atoms with E-state index in [0.717, 1.165) is 6.08 Å². The minimum atomic E-state index is -0.981. The molecule has 0 aliphatic heterocycles. The SMILES string of the molecule is C=CC(=O)O.CCC(CO)(CO)CO.Cc1ccccc1.Cc1ccccc1.Cc1ccccc1. The highest BCUT2D eigenvalue weighted by molar-refractivity contribution is 5.78. The molecular weight excluding hydrogens is 440 g/mol. The molecule has 192 valence electrons. The van der Waals surface area contributed by atoms with Crippen LogP contribution in [0.5, 0.6) is 0 Å². The van der Waals surface area contributed by atoms with E-state index >= 15 is 0 Å². The summed E-state index contributed by atoms with van der Waals surface area (Å²) < 4.78 is 0. The monoisotopic (exact) mass is 482 g/mol. The molecule has 0 heterocycles. The topological polar surface area (TPSA) is 98.0 Å². The standard InChI is InChI=1S/3C7H8.C6H14O3.C3H4O2/c3*1-7-5-3-2-4-6-7;1-2-6(3-7,4-8)5-9;1-2-3(4)5/h3*2-6H,1H3;7-9H,2-5H2,1H3;2H,1H2,(H,4,5). The van der Waals surface area contributed by atoms with E-state index in [1.807, 2.05) is 61.5 Å². The number of aryl methyl sites for hydroxylation is 3. The number of rotatable bonds is 5. The van der Waals surface area contributed by atoms with Crippen LogP contribution >= 0.6 is 0 Å². The highest BCUT2D eigenvalue weighted by Crippen LogP contribution is 2.18. The van der Waals surface area contributed by atoms with E-state index in [9.17, 15) is 4.79 Å². The van der Waals surface area contributed by atoms with Crippen molar-refractivity contribution in [2.45, 2.75) is 34.1 Å². The number of aliphatic carboxylic acids is 1. The molecule has 0 aliphatic carbocycles. The number of carbonyl (C=O) groups is 1. The predicted octanol–water partition coefficient (Wildman–Crippen LogP) is 5.60. The molecule has 35 heavy (non-hydrogen) atoms. The molecule has 3 aromatic carbocycles. The molecule has 3 rings (SSSR count). The quantitative estimate of drug-likeness (QED) is 0.355. The molecule has 0 spiro atoms. The first-order valence-electron chi connectivity index (χ1n) is 11.4. The zero-order valence-electron chi connectivity index (χ0n) is 21.5. The first kappa shape index (κ1) is 33.9. The number of aliphatic hydroxyl groups excluding tert-OH is 3. The van der Waals surface area contributed by atoms with Gasteiger partial charge in [0.05, 0.1) is 19.8 Å². The highest BCUT2D eigenvalue weighted by atomic mass is 16.4. The van der Waals surface area contributed by atoms with Gasteiger partial charge in [0.1, 0.15) is 0 Å². The Bertz CT molecular complexity index is 754. The minimum absolute atomic E-state index is 0.156. The van der Waals surface area contributed by atoms with Crippen molar-refractivity contribution in [3.8, 4) is 0 Å². The molecule has 0 saturated heterocycles. The minimum Gasteiger partial charge on any atom is -0.478 e. The van der Waals surface area contributed by atoms with Gasteiger partial charge in [0, 0.05) is 11.5 Å². The predicted molar refractivity (Wildman–Crippen MR) is 145 cm³/mol. The molecule has 0 radical (unpaired) electrons. The molecule has 5 nitrogen and oxygen atoms in total. The number of hydrogen-bond donors (Lipinski definition) is 4. The smallest absolute Gasteiger partial charge is 0.327 e. The van der Waals surface area contributed by atoms with Crippen LogP contribution in [0.4, 0.5) is 0 Å². The Kier molecular flexibility index (Phi) is 21.8. The Labute approximate surface area is 211 Å². The van der Waals surface area contributed by atoms with Gasteiger partial charge in [-0.25, -0.2) is 4.79 Å². The van der Waals surface area contributed by atoms with Gasteiger partial charge in [0.2, 0.25) is 0 Å². The number of carboxylic acids is 1. The van der Waals surface area contributed by atoms with E-state index < -0.39 is 11.4 Å². The van der Waals surface area contributed by atoms with Crippen LogP contribution in [0.1, 0.15) is 30.0 Å². The van der Waals surface area contributed by atoms with E-state index in [4.69, 9.17) is 20.4 Å². The van der Waals surface area contributed by atoms with Gasteiger partial charge < -0.3 is 20.4 Å². The average molecular weight is 483 g/mol. The summed E-state index contributed by atoms with van der Waals surface area (Å²) in [4.78, 5) is 9.25. The molecule has 5 heteroatoms. The third kappa shape index (κ3) is 21.0. The van der Waals surface area contributed by atoms with E-state index in [1.54, 1.807) is 0 Å². The maximum atomic E-state index is 9.25. The lowest BCUT2D eigenvalue weighted by molar-refractivity contribution is -0.131. The average Bonchev–Trinajstić information content (AvgIpc) is 2.89. The Balaban J connectivity index is 0. The maximum absolute atomic E-state index is 9.25. The van der Waals surface area contributed by atoms with Gasteiger partial charge in [-0.2, -0.15) is 0 Å². The number of aliphatic hydroxyl groups is 3. The van der Waals surface area contributed by atoms with Crippen molar-refractivity contribution in [3.05, 3.63) is 120 Å². The second kappa shape index (κ2) is 22.5. The molecule has 0 amide bonds. The zero-order chi connectivity index (χ0) is 27.0. The first-order valence-corrected chi connectivity index (χ1v) is 11.4. The van der Waals surface area contributed by atoms with Crippen LogP contribution in [0.15, 0.2) is 104 Å². The zero-order valence-corrected chi connectivity index (χ0v) is 21.5. The molecule has 0 aliphatic rings. The molecule has 0 unspecified atom stereocenters. The fourth-order valence-electron chi connectivity index (χ4n) is 2.09. The van der Waals surface area contributed by atoms with Crippen LogP contribution in [0.25, 0.3) is 0 Å². The summed E-state index contributed by atoms with van der Waals surface area (Å²) >= 11 is 0. The second-order valence-corrected chi connectivity index (χ2v) is 7.83. The molecule has 0 bridgehead atoms. The lowest BCUT2D eigenvalue weighted by Gasteiger charge is -2.24. The second-order valence-electron chi connectivity index (χ2n) is 7.83. The normalized spacial score (nSPS) is 9.23. The fourth-order valence-corrected chi connectivity index (χ4v) is 2.09. The van der Waals surface area contributed by atoms with Crippen LogP contribution in [0, 0.1) is 26.2 Å². The van der Waals surface area contributed by atoms with Crippen molar-refractivity contribution >= 4 is 5.97 Å². The first-order chi connectivity index (χ1) is 16.7. The summed E-state index contributed by atoms with van der Waals surface area (Å²) in [5, 5.41) is 33.6. The maximum Gasteiger partial charge on any atom is 0.327 e. The molecule has 0 atom stereocenters. The van der Waals surface area contributed by atoms with Crippen molar-refractivity contribution in [1.82, 2.24) is 0 Å². The Morgan fingerprint density at radius 1 is 0.686 bits per heavy atom. The van der Waals surface area contributed by atoms with Crippen LogP contribution in [0.3, 0.4) is 0 Å². The van der Waals surface area contributed by atoms with Gasteiger partial charge in [-0.05, 0) is 27.2 Å². The van der Waals surface area contributed by atoms with Gasteiger partial charge in [-0.3, -0.25) is 0 Å². The fraction of sp³-hybridized carbons (Fsp3) is 0.300. The molecule has 0 aromatic heterocycles. The van der Waals surface area contributed by atoms with E-state index in [-0.39, 0.29) is 19.8 Å². The van der Waals surface area contributed by atoms with E-state index in [2.05, 4.69) is 63.7 Å². The Hall–Kier alpha value is -3.25. The van der Waals surface area contributed by atoms with Gasteiger partial charge in [0.25, 0.3) is 0 Å². The van der Waals surface area contributed by atoms with Crippen LogP contribution in [-0.2, 0) is 4.79 Å². The van der Waals surface area contributed by atoms with Crippen molar-refractivity contribution in [2.75, 3.05) is 19.8 Å². The Morgan fingerprint density at radius 2 is 0.914 bits per heavy atom. The van der Waals surface area contributed by atoms with Crippen LogP contribution in [-0.4, -0.2) is 46.2 Å². The largest absolute Gasteiger partial charge is 0.478 e. The Morgan fingerprint density at radius 3 is 0.971 bits per heavy atom. The summed E-state index contributed by atoms with van der Waals surface area (Å²) in [6.45, 7) is 10.6. The van der Waals surface area contributed by atoms with Gasteiger partial charge in [0.15, 0.2) is 0 Å².